The number of fused-ring (bicyclic) bond motifs is 2. The zero-order valence-corrected chi connectivity index (χ0v) is 17.2. The highest BCUT2D eigenvalue weighted by atomic mass is 16.1. The molecule has 0 bridgehead atoms. The Balaban J connectivity index is 1.66. The number of para-hydroxylation sites is 2. The summed E-state index contributed by atoms with van der Waals surface area (Å²) in [4.78, 5) is 26.8. The van der Waals surface area contributed by atoms with Crippen molar-refractivity contribution in [2.75, 3.05) is 11.1 Å². The number of anilines is 2. The third kappa shape index (κ3) is 3.54. The molecule has 1 amide bonds. The Morgan fingerprint density at radius 2 is 1.72 bits per heavy atom. The molecule has 5 aromatic rings. The Kier molecular flexibility index (Phi) is 4.79. The number of carbonyl (C=O) groups excluding carboxylic acids is 1. The van der Waals surface area contributed by atoms with Crippen LogP contribution in [0.5, 0.6) is 0 Å². The summed E-state index contributed by atoms with van der Waals surface area (Å²) in [5.41, 5.74) is 11.1. The molecule has 0 aliphatic carbocycles. The number of nitrogen functional groups attached to an aromatic ring is 1. The predicted octanol–water partition coefficient (Wildman–Crippen LogP) is 4.00. The average Bonchev–Trinajstić information content (AvgIpc) is 3.08. The van der Waals surface area contributed by atoms with Crippen LogP contribution in [0.4, 0.5) is 11.5 Å². The number of nitrogens with zero attached hydrogens (tertiary/aromatic N) is 5. The molecule has 0 radical (unpaired) electrons. The zero-order valence-electron chi connectivity index (χ0n) is 17.2. The number of carbonyl (C=O) groups is 1. The molecule has 0 spiro atoms. The number of aryl methyl sites for hydroxylation is 1. The highest BCUT2D eigenvalue weighted by Gasteiger charge is 2.24. The molecule has 8 nitrogen and oxygen atoms in total. The normalized spacial score (nSPS) is 11.4. The minimum Gasteiger partial charge on any atom is -0.383 e. The Bertz CT molecular complexity index is 1470. The first-order chi connectivity index (χ1) is 15.6. The van der Waals surface area contributed by atoms with Crippen molar-refractivity contribution in [1.82, 2.24) is 19.6 Å². The number of amides is 1. The van der Waals surface area contributed by atoms with E-state index in [0.29, 0.717) is 33.6 Å². The second-order valence-corrected chi connectivity index (χ2v) is 7.28. The van der Waals surface area contributed by atoms with Crippen molar-refractivity contribution < 1.29 is 4.79 Å². The monoisotopic (exact) mass is 421 g/mol. The van der Waals surface area contributed by atoms with E-state index in [1.54, 1.807) is 12.4 Å². The van der Waals surface area contributed by atoms with E-state index in [1.807, 2.05) is 73.7 Å². The topological polar surface area (TPSA) is 111 Å². The van der Waals surface area contributed by atoms with Gasteiger partial charge in [-0.1, -0.05) is 35.9 Å². The first-order valence-corrected chi connectivity index (χ1v) is 10.0. The van der Waals surface area contributed by atoms with Crippen molar-refractivity contribution >= 4 is 45.8 Å². The summed E-state index contributed by atoms with van der Waals surface area (Å²) in [6, 6.07) is 20.5. The first kappa shape index (κ1) is 19.4. The lowest BCUT2D eigenvalue weighted by molar-refractivity contribution is 0.102. The van der Waals surface area contributed by atoms with Crippen LogP contribution in [0.1, 0.15) is 21.6 Å². The predicted molar refractivity (Wildman–Crippen MR) is 126 cm³/mol. The molecule has 32 heavy (non-hydrogen) atoms. The van der Waals surface area contributed by atoms with Crippen LogP contribution >= 0.6 is 0 Å². The Morgan fingerprint density at radius 1 is 1.00 bits per heavy atom. The molecule has 3 N–H and O–H groups in total. The molecule has 2 aromatic carbocycles. The average molecular weight is 421 g/mol. The van der Waals surface area contributed by atoms with E-state index in [-0.39, 0.29) is 17.3 Å². The Morgan fingerprint density at radius 3 is 2.44 bits per heavy atom. The summed E-state index contributed by atoms with van der Waals surface area (Å²) < 4.78 is 1.42. The summed E-state index contributed by atoms with van der Waals surface area (Å²) in [5.74, 6) is -0.236. The number of aromatic nitrogens is 4. The second-order valence-electron chi connectivity index (χ2n) is 7.28. The van der Waals surface area contributed by atoms with Gasteiger partial charge in [0.1, 0.15) is 16.9 Å². The van der Waals surface area contributed by atoms with E-state index < -0.39 is 0 Å². The lowest BCUT2D eigenvalue weighted by Gasteiger charge is -2.05. The maximum atomic E-state index is 13.2. The van der Waals surface area contributed by atoms with Crippen molar-refractivity contribution in [3.05, 3.63) is 89.7 Å². The van der Waals surface area contributed by atoms with Gasteiger partial charge >= 0.3 is 0 Å². The number of rotatable bonds is 4. The van der Waals surface area contributed by atoms with E-state index in [0.717, 1.165) is 5.56 Å². The summed E-state index contributed by atoms with van der Waals surface area (Å²) >= 11 is 0. The molecular weight excluding hydrogens is 402 g/mol. The largest absolute Gasteiger partial charge is 0.383 e. The lowest BCUT2D eigenvalue weighted by atomic mass is 10.2. The van der Waals surface area contributed by atoms with Gasteiger partial charge in [0, 0.05) is 11.9 Å². The third-order valence-electron chi connectivity index (χ3n) is 5.00. The van der Waals surface area contributed by atoms with Gasteiger partial charge in [-0.2, -0.15) is 9.78 Å². The van der Waals surface area contributed by atoms with Gasteiger partial charge in [-0.3, -0.25) is 9.78 Å². The second kappa shape index (κ2) is 7.92. The summed E-state index contributed by atoms with van der Waals surface area (Å²) in [6.45, 7) is 1.98. The summed E-state index contributed by atoms with van der Waals surface area (Å²) in [5, 5.41) is 7.34. The van der Waals surface area contributed by atoms with E-state index in [2.05, 4.69) is 25.4 Å². The smallest absolute Gasteiger partial charge is 0.261 e. The van der Waals surface area contributed by atoms with E-state index in [9.17, 15) is 4.79 Å². The van der Waals surface area contributed by atoms with Gasteiger partial charge in [-0.15, -0.1) is 0 Å². The molecule has 3 heterocycles. The SMILES string of the molecule is Cc1ccc(NC(=O)c2c(N)n(N=Cc3ccccn3)c3nc4ccccc4nc23)cc1. The molecule has 156 valence electrons. The fourth-order valence-corrected chi connectivity index (χ4v) is 3.39. The number of benzene rings is 2. The molecule has 0 fully saturated rings. The van der Waals surface area contributed by atoms with Gasteiger partial charge in [-0.25, -0.2) is 9.97 Å². The highest BCUT2D eigenvalue weighted by molar-refractivity contribution is 6.16. The van der Waals surface area contributed by atoms with Gasteiger partial charge < -0.3 is 11.1 Å². The van der Waals surface area contributed by atoms with Crippen molar-refractivity contribution in [2.24, 2.45) is 5.10 Å². The van der Waals surface area contributed by atoms with E-state index in [1.165, 1.54) is 4.68 Å². The van der Waals surface area contributed by atoms with E-state index >= 15 is 0 Å². The van der Waals surface area contributed by atoms with Gasteiger partial charge in [-0.05, 0) is 43.3 Å². The maximum absolute atomic E-state index is 13.2. The van der Waals surface area contributed by atoms with Crippen molar-refractivity contribution in [3.8, 4) is 0 Å². The van der Waals surface area contributed by atoms with Crippen molar-refractivity contribution in [2.45, 2.75) is 6.92 Å². The Labute approximate surface area is 183 Å². The molecule has 0 atom stereocenters. The Hall–Kier alpha value is -4.59. The first-order valence-electron chi connectivity index (χ1n) is 10.0. The van der Waals surface area contributed by atoms with Crippen LogP contribution in [0.25, 0.3) is 22.2 Å². The number of pyridine rings is 1. The molecule has 3 aromatic heterocycles. The lowest BCUT2D eigenvalue weighted by Crippen LogP contribution is -2.14. The van der Waals surface area contributed by atoms with Crippen LogP contribution in [-0.2, 0) is 0 Å². The maximum Gasteiger partial charge on any atom is 0.261 e. The minimum absolute atomic E-state index is 0.145. The molecule has 8 heteroatoms. The fourth-order valence-electron chi connectivity index (χ4n) is 3.39. The van der Waals surface area contributed by atoms with Crippen LogP contribution in [0.3, 0.4) is 0 Å². The van der Waals surface area contributed by atoms with Gasteiger partial charge in [0.25, 0.3) is 5.91 Å². The quantitative estimate of drug-likeness (QED) is 0.426. The number of hydrogen-bond acceptors (Lipinski definition) is 6. The number of nitrogens with one attached hydrogen (secondary N) is 1. The van der Waals surface area contributed by atoms with Crippen LogP contribution in [0.2, 0.25) is 0 Å². The molecule has 0 aliphatic heterocycles. The van der Waals surface area contributed by atoms with Crippen molar-refractivity contribution in [1.29, 1.82) is 0 Å². The molecule has 0 saturated carbocycles. The number of nitrogens with two attached hydrogens (primary N) is 1. The summed E-state index contributed by atoms with van der Waals surface area (Å²) in [7, 11) is 0. The fraction of sp³-hybridized carbons (Fsp3) is 0.0417. The van der Waals surface area contributed by atoms with Crippen molar-refractivity contribution in [3.63, 3.8) is 0 Å². The zero-order chi connectivity index (χ0) is 22.1. The summed E-state index contributed by atoms with van der Waals surface area (Å²) in [6.07, 6.45) is 3.24. The van der Waals surface area contributed by atoms with Crippen LogP contribution in [0, 0.1) is 6.92 Å². The van der Waals surface area contributed by atoms with Gasteiger partial charge in [0.05, 0.1) is 22.9 Å². The third-order valence-corrected chi connectivity index (χ3v) is 5.00. The highest BCUT2D eigenvalue weighted by Crippen LogP contribution is 2.28. The molecule has 0 saturated heterocycles. The number of hydrogen-bond donors (Lipinski definition) is 2. The molecule has 0 aliphatic rings. The van der Waals surface area contributed by atoms with Crippen LogP contribution in [0.15, 0.2) is 78.0 Å². The molecule has 5 rings (SSSR count). The van der Waals surface area contributed by atoms with Crippen LogP contribution in [-0.4, -0.2) is 31.7 Å². The molecular formula is C24H19N7O. The van der Waals surface area contributed by atoms with Crippen LogP contribution < -0.4 is 11.1 Å². The minimum atomic E-state index is -0.382. The van der Waals surface area contributed by atoms with Gasteiger partial charge in [0.15, 0.2) is 5.65 Å². The molecule has 0 unspecified atom stereocenters. The van der Waals surface area contributed by atoms with E-state index in [4.69, 9.17) is 5.73 Å². The van der Waals surface area contributed by atoms with Gasteiger partial charge in [0.2, 0.25) is 0 Å². The standard InChI is InChI=1S/C24H19N7O/c1-15-9-11-16(12-10-15)28-24(32)20-21-23(30-19-8-3-2-7-18(19)29-21)31(22(20)25)27-14-17-6-4-5-13-26-17/h2-14H,25H2,1H3,(H,28,32).